The lowest BCUT2D eigenvalue weighted by Gasteiger charge is -2.15. The number of rotatable bonds is 5. The first-order valence-electron chi connectivity index (χ1n) is 6.30. The lowest BCUT2D eigenvalue weighted by molar-refractivity contribution is -0.137. The summed E-state index contributed by atoms with van der Waals surface area (Å²) in [5.74, 6) is -1.47. The smallest absolute Gasteiger partial charge is 0.303 e. The first-order chi connectivity index (χ1) is 9.59. The standard InChI is InChI=1S/C15H15NO4/c17-14(18)9-4-10-16(20)15(19)13-8-3-6-11-5-1-2-7-12(11)13/h1-3,5-8,20H,4,9-10H2,(H,17,18). The number of aliphatic carboxylic acids is 1. The van der Waals surface area contributed by atoms with Gasteiger partial charge in [0.2, 0.25) is 0 Å². The molecule has 2 aromatic rings. The molecule has 0 aliphatic rings. The van der Waals surface area contributed by atoms with E-state index >= 15 is 0 Å². The molecule has 2 N–H and O–H groups in total. The van der Waals surface area contributed by atoms with Crippen LogP contribution in [0.25, 0.3) is 10.8 Å². The number of fused-ring (bicyclic) bond motifs is 1. The summed E-state index contributed by atoms with van der Waals surface area (Å²) in [6, 6.07) is 12.7. The van der Waals surface area contributed by atoms with Gasteiger partial charge in [-0.15, -0.1) is 0 Å². The van der Waals surface area contributed by atoms with Gasteiger partial charge >= 0.3 is 5.97 Å². The molecule has 0 aliphatic heterocycles. The van der Waals surface area contributed by atoms with Gasteiger partial charge in [-0.2, -0.15) is 0 Å². The van der Waals surface area contributed by atoms with Crippen molar-refractivity contribution in [1.29, 1.82) is 0 Å². The topological polar surface area (TPSA) is 77.8 Å². The molecular formula is C15H15NO4. The molecule has 2 rings (SSSR count). The Morgan fingerprint density at radius 2 is 1.75 bits per heavy atom. The third-order valence-electron chi connectivity index (χ3n) is 3.02. The summed E-state index contributed by atoms with van der Waals surface area (Å²) in [7, 11) is 0. The number of carboxylic acids is 1. The fourth-order valence-electron chi connectivity index (χ4n) is 2.03. The zero-order valence-corrected chi connectivity index (χ0v) is 10.8. The van der Waals surface area contributed by atoms with Crippen LogP contribution in [-0.2, 0) is 4.79 Å². The van der Waals surface area contributed by atoms with Crippen LogP contribution in [0, 0.1) is 0 Å². The van der Waals surface area contributed by atoms with Crippen molar-refractivity contribution in [2.75, 3.05) is 6.54 Å². The molecular weight excluding hydrogens is 258 g/mol. The van der Waals surface area contributed by atoms with Gasteiger partial charge in [0.25, 0.3) is 5.91 Å². The van der Waals surface area contributed by atoms with Crippen molar-refractivity contribution >= 4 is 22.6 Å². The molecule has 20 heavy (non-hydrogen) atoms. The van der Waals surface area contributed by atoms with Crippen molar-refractivity contribution in [1.82, 2.24) is 5.06 Å². The summed E-state index contributed by atoms with van der Waals surface area (Å²) >= 11 is 0. The number of carboxylic acid groups (broad SMARTS) is 1. The predicted molar refractivity (Wildman–Crippen MR) is 73.6 cm³/mol. The Labute approximate surface area is 116 Å². The van der Waals surface area contributed by atoms with E-state index in [1.54, 1.807) is 12.1 Å². The third-order valence-corrected chi connectivity index (χ3v) is 3.02. The second-order valence-corrected chi connectivity index (χ2v) is 4.45. The van der Waals surface area contributed by atoms with E-state index in [0.717, 1.165) is 10.8 Å². The Bertz CT molecular complexity index is 633. The van der Waals surface area contributed by atoms with E-state index in [2.05, 4.69) is 0 Å². The highest BCUT2D eigenvalue weighted by molar-refractivity contribution is 6.06. The van der Waals surface area contributed by atoms with Crippen molar-refractivity contribution in [3.05, 3.63) is 48.0 Å². The number of hydroxylamine groups is 2. The molecule has 104 valence electrons. The summed E-state index contributed by atoms with van der Waals surface area (Å²) in [5, 5.41) is 20.5. The van der Waals surface area contributed by atoms with Crippen molar-refractivity contribution in [2.24, 2.45) is 0 Å². The van der Waals surface area contributed by atoms with E-state index in [1.807, 2.05) is 30.3 Å². The Balaban J connectivity index is 2.16. The summed E-state index contributed by atoms with van der Waals surface area (Å²) in [6.07, 6.45) is 0.127. The first kappa shape index (κ1) is 14.0. The Hall–Kier alpha value is -2.40. The fourth-order valence-corrected chi connectivity index (χ4v) is 2.03. The van der Waals surface area contributed by atoms with Crippen LogP contribution in [0.2, 0.25) is 0 Å². The zero-order valence-electron chi connectivity index (χ0n) is 10.8. The lowest BCUT2D eigenvalue weighted by Crippen LogP contribution is -2.29. The van der Waals surface area contributed by atoms with Gasteiger partial charge in [-0.3, -0.25) is 14.8 Å². The van der Waals surface area contributed by atoms with Gasteiger partial charge in [-0.25, -0.2) is 5.06 Å². The molecule has 5 nitrogen and oxygen atoms in total. The average Bonchev–Trinajstić information content (AvgIpc) is 2.45. The molecule has 5 heteroatoms. The highest BCUT2D eigenvalue weighted by Crippen LogP contribution is 2.19. The lowest BCUT2D eigenvalue weighted by atomic mass is 10.0. The van der Waals surface area contributed by atoms with Crippen LogP contribution in [0.15, 0.2) is 42.5 Å². The van der Waals surface area contributed by atoms with Crippen molar-refractivity contribution in [3.8, 4) is 0 Å². The van der Waals surface area contributed by atoms with Crippen molar-refractivity contribution in [2.45, 2.75) is 12.8 Å². The normalized spacial score (nSPS) is 10.4. The van der Waals surface area contributed by atoms with Crippen molar-refractivity contribution in [3.63, 3.8) is 0 Å². The van der Waals surface area contributed by atoms with Crippen LogP contribution in [0.4, 0.5) is 0 Å². The molecule has 0 bridgehead atoms. The molecule has 0 unspecified atom stereocenters. The molecule has 0 fully saturated rings. The summed E-state index contributed by atoms with van der Waals surface area (Å²) in [6.45, 7) is -0.00560. The number of nitrogens with zero attached hydrogens (tertiary/aromatic N) is 1. The number of hydrogen-bond acceptors (Lipinski definition) is 3. The fraction of sp³-hybridized carbons (Fsp3) is 0.200. The van der Waals surface area contributed by atoms with E-state index in [-0.39, 0.29) is 19.4 Å². The molecule has 1 amide bonds. The monoisotopic (exact) mass is 273 g/mol. The van der Waals surface area contributed by atoms with Gasteiger partial charge in [-0.1, -0.05) is 36.4 Å². The van der Waals surface area contributed by atoms with Crippen LogP contribution in [0.3, 0.4) is 0 Å². The van der Waals surface area contributed by atoms with E-state index < -0.39 is 11.9 Å². The molecule has 0 heterocycles. The van der Waals surface area contributed by atoms with Crippen molar-refractivity contribution < 1.29 is 19.9 Å². The van der Waals surface area contributed by atoms with E-state index in [1.165, 1.54) is 0 Å². The van der Waals surface area contributed by atoms with Gasteiger partial charge in [0.15, 0.2) is 0 Å². The van der Waals surface area contributed by atoms with E-state index in [0.29, 0.717) is 10.6 Å². The van der Waals surface area contributed by atoms with Crippen LogP contribution in [0.5, 0.6) is 0 Å². The van der Waals surface area contributed by atoms with Gasteiger partial charge in [0.1, 0.15) is 0 Å². The second-order valence-electron chi connectivity index (χ2n) is 4.45. The largest absolute Gasteiger partial charge is 0.481 e. The number of carbonyl (C=O) groups excluding carboxylic acids is 1. The SMILES string of the molecule is O=C(O)CCCN(O)C(=O)c1cccc2ccccc12. The predicted octanol–water partition coefficient (Wildman–Crippen LogP) is 2.54. The summed E-state index contributed by atoms with van der Waals surface area (Å²) in [4.78, 5) is 22.6. The minimum absolute atomic E-state index is 0.00560. The van der Waals surface area contributed by atoms with Gasteiger partial charge in [0, 0.05) is 18.5 Å². The number of amides is 1. The molecule has 0 aliphatic carbocycles. The second kappa shape index (κ2) is 6.16. The highest BCUT2D eigenvalue weighted by Gasteiger charge is 2.16. The van der Waals surface area contributed by atoms with E-state index in [9.17, 15) is 14.8 Å². The van der Waals surface area contributed by atoms with Gasteiger partial charge in [-0.05, 0) is 23.3 Å². The maximum atomic E-state index is 12.2. The Morgan fingerprint density at radius 1 is 1.05 bits per heavy atom. The van der Waals surface area contributed by atoms with Crippen LogP contribution in [0.1, 0.15) is 23.2 Å². The number of benzene rings is 2. The summed E-state index contributed by atoms with van der Waals surface area (Å²) < 4.78 is 0. The Morgan fingerprint density at radius 3 is 2.50 bits per heavy atom. The molecule has 0 saturated carbocycles. The molecule has 0 saturated heterocycles. The number of carbonyl (C=O) groups is 2. The maximum absolute atomic E-state index is 12.2. The quantitative estimate of drug-likeness (QED) is 0.648. The first-order valence-corrected chi connectivity index (χ1v) is 6.30. The summed E-state index contributed by atoms with van der Waals surface area (Å²) in [5.41, 5.74) is 0.404. The zero-order chi connectivity index (χ0) is 14.5. The molecule has 0 radical (unpaired) electrons. The minimum atomic E-state index is -0.948. The van der Waals surface area contributed by atoms with Crippen LogP contribution >= 0.6 is 0 Å². The van der Waals surface area contributed by atoms with E-state index in [4.69, 9.17) is 5.11 Å². The maximum Gasteiger partial charge on any atom is 0.303 e. The highest BCUT2D eigenvalue weighted by atomic mass is 16.5. The van der Waals surface area contributed by atoms with Gasteiger partial charge in [0.05, 0.1) is 0 Å². The van der Waals surface area contributed by atoms with Gasteiger partial charge < -0.3 is 5.11 Å². The Kier molecular flexibility index (Phi) is 4.32. The molecule has 0 atom stereocenters. The molecule has 2 aromatic carbocycles. The minimum Gasteiger partial charge on any atom is -0.481 e. The van der Waals surface area contributed by atoms with Crippen LogP contribution < -0.4 is 0 Å². The average molecular weight is 273 g/mol. The molecule has 0 spiro atoms. The molecule has 0 aromatic heterocycles. The number of hydrogen-bond donors (Lipinski definition) is 2. The van der Waals surface area contributed by atoms with Crippen LogP contribution in [-0.4, -0.2) is 33.8 Å². The third kappa shape index (κ3) is 3.13.